The van der Waals surface area contributed by atoms with E-state index in [2.05, 4.69) is 47.1 Å². The van der Waals surface area contributed by atoms with Crippen molar-refractivity contribution < 1.29 is 4.79 Å². The SMILES string of the molecule is Cc1ccccc1CC(=O)NC(C)c1nc2ccccc2n1C(C)c1ccccc1. The van der Waals surface area contributed by atoms with Gasteiger partial charge in [0.2, 0.25) is 5.91 Å². The van der Waals surface area contributed by atoms with E-state index in [0.717, 1.165) is 28.0 Å². The predicted molar refractivity (Wildman–Crippen MR) is 121 cm³/mol. The second kappa shape index (κ2) is 8.54. The van der Waals surface area contributed by atoms with Crippen LogP contribution in [0.3, 0.4) is 0 Å². The van der Waals surface area contributed by atoms with Crippen LogP contribution in [-0.4, -0.2) is 15.5 Å². The van der Waals surface area contributed by atoms with Crippen LogP contribution < -0.4 is 5.32 Å². The van der Waals surface area contributed by atoms with E-state index in [9.17, 15) is 4.79 Å². The molecule has 3 aromatic carbocycles. The molecule has 0 spiro atoms. The van der Waals surface area contributed by atoms with Gasteiger partial charge in [0.15, 0.2) is 0 Å². The number of nitrogens with one attached hydrogen (secondary N) is 1. The molecule has 30 heavy (non-hydrogen) atoms. The Labute approximate surface area is 177 Å². The van der Waals surface area contributed by atoms with E-state index in [0.29, 0.717) is 6.42 Å². The van der Waals surface area contributed by atoms with Gasteiger partial charge >= 0.3 is 0 Å². The number of hydrogen-bond donors (Lipinski definition) is 1. The van der Waals surface area contributed by atoms with Crippen LogP contribution in [0.15, 0.2) is 78.9 Å². The molecule has 0 aliphatic heterocycles. The van der Waals surface area contributed by atoms with Crippen molar-refractivity contribution in [2.24, 2.45) is 0 Å². The number of nitrogens with zero attached hydrogens (tertiary/aromatic N) is 2. The number of imidazole rings is 1. The van der Waals surface area contributed by atoms with Crippen molar-refractivity contribution in [3.63, 3.8) is 0 Å². The van der Waals surface area contributed by atoms with Crippen molar-refractivity contribution in [2.45, 2.75) is 39.3 Å². The second-order valence-electron chi connectivity index (χ2n) is 7.81. The normalized spacial score (nSPS) is 13.2. The van der Waals surface area contributed by atoms with Gasteiger partial charge in [0.05, 0.1) is 29.5 Å². The topological polar surface area (TPSA) is 46.9 Å². The zero-order valence-electron chi connectivity index (χ0n) is 17.7. The number of benzene rings is 3. The highest BCUT2D eigenvalue weighted by Gasteiger charge is 2.22. The van der Waals surface area contributed by atoms with Gasteiger partial charge in [-0.05, 0) is 49.6 Å². The third-order valence-electron chi connectivity index (χ3n) is 5.67. The summed E-state index contributed by atoms with van der Waals surface area (Å²) in [5, 5.41) is 3.16. The van der Waals surface area contributed by atoms with E-state index in [-0.39, 0.29) is 18.0 Å². The van der Waals surface area contributed by atoms with Gasteiger partial charge in [-0.3, -0.25) is 4.79 Å². The van der Waals surface area contributed by atoms with Gasteiger partial charge in [-0.25, -0.2) is 4.98 Å². The zero-order chi connectivity index (χ0) is 21.1. The monoisotopic (exact) mass is 397 g/mol. The molecular weight excluding hydrogens is 370 g/mol. The molecule has 0 aliphatic carbocycles. The van der Waals surface area contributed by atoms with Crippen molar-refractivity contribution in [3.05, 3.63) is 101 Å². The molecule has 1 amide bonds. The van der Waals surface area contributed by atoms with Crippen LogP contribution in [-0.2, 0) is 11.2 Å². The summed E-state index contributed by atoms with van der Waals surface area (Å²) < 4.78 is 2.24. The Hall–Kier alpha value is -3.40. The van der Waals surface area contributed by atoms with Crippen molar-refractivity contribution in [3.8, 4) is 0 Å². The number of rotatable bonds is 6. The highest BCUT2D eigenvalue weighted by molar-refractivity contribution is 5.80. The lowest BCUT2D eigenvalue weighted by Gasteiger charge is -2.22. The average Bonchev–Trinajstić information content (AvgIpc) is 3.15. The third kappa shape index (κ3) is 3.99. The summed E-state index contributed by atoms with van der Waals surface area (Å²) in [6.07, 6.45) is 0.367. The van der Waals surface area contributed by atoms with Gasteiger partial charge in [-0.1, -0.05) is 66.7 Å². The molecule has 0 saturated heterocycles. The van der Waals surface area contributed by atoms with Gasteiger partial charge in [0, 0.05) is 0 Å². The number of fused-ring (bicyclic) bond motifs is 1. The lowest BCUT2D eigenvalue weighted by Crippen LogP contribution is -2.30. The molecule has 0 aliphatic rings. The van der Waals surface area contributed by atoms with Gasteiger partial charge < -0.3 is 9.88 Å². The fourth-order valence-corrected chi connectivity index (χ4v) is 3.99. The minimum absolute atomic E-state index is 0.00257. The smallest absolute Gasteiger partial charge is 0.225 e. The Bertz CT molecular complexity index is 1160. The third-order valence-corrected chi connectivity index (χ3v) is 5.67. The molecule has 1 N–H and O–H groups in total. The number of carbonyl (C=O) groups excluding carboxylic acids is 1. The van der Waals surface area contributed by atoms with Crippen LogP contribution in [0.2, 0.25) is 0 Å². The number of aromatic nitrogens is 2. The van der Waals surface area contributed by atoms with Crippen LogP contribution in [0.5, 0.6) is 0 Å². The Morgan fingerprint density at radius 1 is 0.933 bits per heavy atom. The van der Waals surface area contributed by atoms with Crippen LogP contribution in [0, 0.1) is 6.92 Å². The summed E-state index contributed by atoms with van der Waals surface area (Å²) in [5.74, 6) is 0.869. The molecule has 1 aromatic heterocycles. The number of hydrogen-bond acceptors (Lipinski definition) is 2. The first-order valence-electron chi connectivity index (χ1n) is 10.4. The first kappa shape index (κ1) is 19.9. The molecule has 0 saturated carbocycles. The zero-order valence-corrected chi connectivity index (χ0v) is 17.7. The number of aryl methyl sites for hydroxylation is 1. The fourth-order valence-electron chi connectivity index (χ4n) is 3.99. The lowest BCUT2D eigenvalue weighted by atomic mass is 10.1. The summed E-state index contributed by atoms with van der Waals surface area (Å²) in [4.78, 5) is 17.7. The van der Waals surface area contributed by atoms with Crippen LogP contribution in [0.1, 0.15) is 48.4 Å². The standard InChI is InChI=1S/C26H27N3O/c1-18-11-7-8-14-22(18)17-25(30)27-19(2)26-28-23-15-9-10-16-24(23)29(26)20(3)21-12-5-4-6-13-21/h4-16,19-20H,17H2,1-3H3,(H,27,30). The minimum Gasteiger partial charge on any atom is -0.346 e. The average molecular weight is 398 g/mol. The first-order valence-corrected chi connectivity index (χ1v) is 10.4. The minimum atomic E-state index is -0.208. The Morgan fingerprint density at radius 3 is 2.37 bits per heavy atom. The molecule has 2 unspecified atom stereocenters. The van der Waals surface area contributed by atoms with Crippen LogP contribution >= 0.6 is 0 Å². The van der Waals surface area contributed by atoms with E-state index in [1.54, 1.807) is 0 Å². The highest BCUT2D eigenvalue weighted by atomic mass is 16.1. The van der Waals surface area contributed by atoms with Gasteiger partial charge in [-0.15, -0.1) is 0 Å². The molecule has 4 rings (SSSR count). The van der Waals surface area contributed by atoms with Crippen LogP contribution in [0.25, 0.3) is 11.0 Å². The summed E-state index contributed by atoms with van der Waals surface area (Å²) in [6.45, 7) is 6.22. The van der Waals surface area contributed by atoms with Crippen molar-refractivity contribution >= 4 is 16.9 Å². The fraction of sp³-hybridized carbons (Fsp3) is 0.231. The molecular formula is C26H27N3O. The quantitative estimate of drug-likeness (QED) is 0.475. The predicted octanol–water partition coefficient (Wildman–Crippen LogP) is 5.37. The largest absolute Gasteiger partial charge is 0.346 e. The number of carbonyl (C=O) groups is 1. The summed E-state index contributed by atoms with van der Waals surface area (Å²) >= 11 is 0. The van der Waals surface area contributed by atoms with Crippen molar-refractivity contribution in [1.82, 2.24) is 14.9 Å². The molecule has 4 heteroatoms. The maximum Gasteiger partial charge on any atom is 0.225 e. The maximum absolute atomic E-state index is 12.8. The second-order valence-corrected chi connectivity index (χ2v) is 7.81. The molecule has 0 bridgehead atoms. The van der Waals surface area contributed by atoms with E-state index in [1.165, 1.54) is 5.56 Å². The molecule has 152 valence electrons. The molecule has 0 radical (unpaired) electrons. The van der Waals surface area contributed by atoms with Gasteiger partial charge in [0.25, 0.3) is 0 Å². The number of amides is 1. The van der Waals surface area contributed by atoms with E-state index in [4.69, 9.17) is 4.98 Å². The lowest BCUT2D eigenvalue weighted by molar-refractivity contribution is -0.121. The summed E-state index contributed by atoms with van der Waals surface area (Å²) in [5.41, 5.74) is 5.40. The molecule has 4 nitrogen and oxygen atoms in total. The van der Waals surface area contributed by atoms with Gasteiger partial charge in [0.1, 0.15) is 5.82 Å². The van der Waals surface area contributed by atoms with E-state index < -0.39 is 0 Å². The van der Waals surface area contributed by atoms with Crippen molar-refractivity contribution in [2.75, 3.05) is 0 Å². The highest BCUT2D eigenvalue weighted by Crippen LogP contribution is 2.29. The van der Waals surface area contributed by atoms with Crippen molar-refractivity contribution in [1.29, 1.82) is 0 Å². The molecule has 0 fully saturated rings. The molecule has 4 aromatic rings. The van der Waals surface area contributed by atoms with Crippen LogP contribution in [0.4, 0.5) is 0 Å². The maximum atomic E-state index is 12.8. The first-order chi connectivity index (χ1) is 14.5. The Kier molecular flexibility index (Phi) is 5.66. The Balaban J connectivity index is 1.64. The van der Waals surface area contributed by atoms with E-state index in [1.807, 2.05) is 62.4 Å². The summed E-state index contributed by atoms with van der Waals surface area (Å²) in [6, 6.07) is 26.4. The Morgan fingerprint density at radius 2 is 1.60 bits per heavy atom. The molecule has 2 atom stereocenters. The van der Waals surface area contributed by atoms with E-state index >= 15 is 0 Å². The van der Waals surface area contributed by atoms with Gasteiger partial charge in [-0.2, -0.15) is 0 Å². The molecule has 1 heterocycles. The number of para-hydroxylation sites is 2. The summed E-state index contributed by atoms with van der Waals surface area (Å²) in [7, 11) is 0.